The van der Waals surface area contributed by atoms with Crippen molar-refractivity contribution in [3.8, 4) is 0 Å². The number of nitrogens with one attached hydrogen (secondary N) is 1. The molecule has 0 unspecified atom stereocenters. The van der Waals surface area contributed by atoms with E-state index in [1.54, 1.807) is 4.90 Å². The van der Waals surface area contributed by atoms with Gasteiger partial charge in [-0.1, -0.05) is 53.4 Å². The molecule has 0 rings (SSSR count). The third kappa shape index (κ3) is 11.0. The summed E-state index contributed by atoms with van der Waals surface area (Å²) in [5.41, 5.74) is 0. The second kappa shape index (κ2) is 15.5. The fraction of sp³-hybridized carbons (Fsp3) is 0.857. The van der Waals surface area contributed by atoms with Crippen molar-refractivity contribution in [1.82, 2.24) is 10.2 Å². The Bertz CT molecular complexity index is 432. The first-order valence-electron chi connectivity index (χ1n) is 10.7. The Balaban J connectivity index is 5.17. The van der Waals surface area contributed by atoms with Gasteiger partial charge < -0.3 is 15.3 Å². The first kappa shape index (κ1) is 25.4. The lowest BCUT2D eigenvalue weighted by Gasteiger charge is -2.29. The molecule has 0 saturated heterocycles. The van der Waals surface area contributed by atoms with E-state index in [-0.39, 0.29) is 30.6 Å². The number of rotatable bonds is 16. The van der Waals surface area contributed by atoms with Crippen LogP contribution in [0.5, 0.6) is 0 Å². The average Bonchev–Trinajstić information content (AvgIpc) is 2.65. The van der Waals surface area contributed by atoms with Crippen molar-refractivity contribution in [2.24, 2.45) is 5.92 Å². The van der Waals surface area contributed by atoms with Gasteiger partial charge in [-0.2, -0.15) is 0 Å². The Kier molecular flexibility index (Phi) is 14.6. The van der Waals surface area contributed by atoms with Crippen LogP contribution in [0.2, 0.25) is 0 Å². The lowest BCUT2D eigenvalue weighted by Crippen LogP contribution is -2.50. The van der Waals surface area contributed by atoms with Gasteiger partial charge in [0.1, 0.15) is 6.04 Å². The molecule has 0 aliphatic heterocycles. The van der Waals surface area contributed by atoms with E-state index in [9.17, 15) is 14.4 Å². The number of amides is 2. The van der Waals surface area contributed by atoms with Crippen LogP contribution in [0, 0.1) is 5.92 Å². The fourth-order valence-corrected chi connectivity index (χ4v) is 3.04. The number of hydrogen-bond acceptors (Lipinski definition) is 3. The molecule has 0 bridgehead atoms. The summed E-state index contributed by atoms with van der Waals surface area (Å²) in [7, 11) is 0. The number of carbonyl (C=O) groups is 3. The highest BCUT2D eigenvalue weighted by atomic mass is 16.4. The Morgan fingerprint density at radius 1 is 0.889 bits per heavy atom. The predicted octanol–water partition coefficient (Wildman–Crippen LogP) is 3.98. The third-order valence-corrected chi connectivity index (χ3v) is 4.91. The largest absolute Gasteiger partial charge is 0.481 e. The Labute approximate surface area is 165 Å². The molecule has 158 valence electrons. The molecule has 6 heteroatoms. The monoisotopic (exact) mass is 384 g/mol. The van der Waals surface area contributed by atoms with Crippen molar-refractivity contribution >= 4 is 17.8 Å². The zero-order chi connectivity index (χ0) is 20.7. The molecule has 2 N–H and O–H groups in total. The van der Waals surface area contributed by atoms with E-state index in [4.69, 9.17) is 5.11 Å². The Morgan fingerprint density at radius 3 is 1.89 bits per heavy atom. The normalized spacial score (nSPS) is 13.0. The summed E-state index contributed by atoms with van der Waals surface area (Å²) in [5.74, 6) is -1.34. The van der Waals surface area contributed by atoms with Crippen molar-refractivity contribution in [3.05, 3.63) is 0 Å². The lowest BCUT2D eigenvalue weighted by molar-refractivity contribution is -0.140. The molecule has 2 amide bonds. The van der Waals surface area contributed by atoms with Gasteiger partial charge in [0.05, 0.1) is 0 Å². The summed E-state index contributed by atoms with van der Waals surface area (Å²) in [6.07, 6.45) is 7.30. The summed E-state index contributed by atoms with van der Waals surface area (Å²) in [6, 6.07) is -0.752. The van der Waals surface area contributed by atoms with Crippen molar-refractivity contribution < 1.29 is 19.5 Å². The Hall–Kier alpha value is -1.59. The van der Waals surface area contributed by atoms with Gasteiger partial charge in [0, 0.05) is 25.4 Å². The molecular formula is C21H40N2O4. The quantitative estimate of drug-likeness (QED) is 0.421. The highest BCUT2D eigenvalue weighted by Gasteiger charge is 2.28. The minimum atomic E-state index is -0.950. The number of aliphatic carboxylic acids is 1. The van der Waals surface area contributed by atoms with Gasteiger partial charge in [-0.05, 0) is 32.1 Å². The van der Waals surface area contributed by atoms with Gasteiger partial charge in [0.2, 0.25) is 11.8 Å². The van der Waals surface area contributed by atoms with E-state index < -0.39 is 12.0 Å². The minimum Gasteiger partial charge on any atom is -0.481 e. The summed E-state index contributed by atoms with van der Waals surface area (Å²) < 4.78 is 0. The average molecular weight is 385 g/mol. The minimum absolute atomic E-state index is 0.121. The van der Waals surface area contributed by atoms with Crippen LogP contribution in [0.25, 0.3) is 0 Å². The van der Waals surface area contributed by atoms with Crippen LogP contribution >= 0.6 is 0 Å². The van der Waals surface area contributed by atoms with E-state index >= 15 is 0 Å². The molecule has 0 heterocycles. The summed E-state index contributed by atoms with van der Waals surface area (Å²) in [6.45, 7) is 9.52. The predicted molar refractivity (Wildman–Crippen MR) is 109 cm³/mol. The summed E-state index contributed by atoms with van der Waals surface area (Å²) in [4.78, 5) is 38.5. The zero-order valence-corrected chi connectivity index (χ0v) is 17.8. The molecule has 2 atom stereocenters. The lowest BCUT2D eigenvalue weighted by atomic mass is 9.97. The van der Waals surface area contributed by atoms with Crippen molar-refractivity contribution in [2.45, 2.75) is 97.9 Å². The van der Waals surface area contributed by atoms with Crippen LogP contribution in [-0.2, 0) is 14.4 Å². The first-order valence-corrected chi connectivity index (χ1v) is 10.7. The van der Waals surface area contributed by atoms with E-state index in [2.05, 4.69) is 26.1 Å². The van der Waals surface area contributed by atoms with Crippen molar-refractivity contribution in [2.75, 3.05) is 13.1 Å². The number of hydrogen-bond donors (Lipinski definition) is 2. The molecule has 0 aromatic carbocycles. The van der Waals surface area contributed by atoms with Crippen LogP contribution < -0.4 is 5.32 Å². The molecule has 27 heavy (non-hydrogen) atoms. The standard InChI is InChI=1S/C21H40N2O4/c1-5-9-12-17(8-4)20(26)22-18(13-14-19(24)25)21(27)23(15-10-6-2)16-11-7-3/h17-18H,5-16H2,1-4H3,(H,22,26)(H,24,25)/t17-,18+/m1/s1. The van der Waals surface area contributed by atoms with Gasteiger partial charge in [0.15, 0.2) is 0 Å². The van der Waals surface area contributed by atoms with E-state index in [0.717, 1.165) is 51.4 Å². The second-order valence-corrected chi connectivity index (χ2v) is 7.27. The van der Waals surface area contributed by atoms with Crippen LogP contribution in [-0.4, -0.2) is 46.9 Å². The molecule has 0 aromatic rings. The molecule has 6 nitrogen and oxygen atoms in total. The number of nitrogens with zero attached hydrogens (tertiary/aromatic N) is 1. The van der Waals surface area contributed by atoms with Crippen LogP contribution in [0.15, 0.2) is 0 Å². The number of carbonyl (C=O) groups excluding carboxylic acids is 2. The SMILES string of the molecule is CCCC[C@@H](CC)C(=O)N[C@@H](CCC(=O)O)C(=O)N(CCCC)CCCC. The molecule has 0 spiro atoms. The van der Waals surface area contributed by atoms with Gasteiger partial charge in [-0.25, -0.2) is 0 Å². The molecule has 0 radical (unpaired) electrons. The molecule has 0 aromatic heterocycles. The van der Waals surface area contributed by atoms with Crippen LogP contribution in [0.3, 0.4) is 0 Å². The van der Waals surface area contributed by atoms with E-state index in [1.807, 2.05) is 6.92 Å². The molecule has 0 saturated carbocycles. The maximum Gasteiger partial charge on any atom is 0.303 e. The number of unbranched alkanes of at least 4 members (excludes halogenated alkanes) is 3. The highest BCUT2D eigenvalue weighted by Crippen LogP contribution is 2.14. The van der Waals surface area contributed by atoms with E-state index in [0.29, 0.717) is 13.1 Å². The maximum absolute atomic E-state index is 13.0. The van der Waals surface area contributed by atoms with E-state index in [1.165, 1.54) is 0 Å². The summed E-state index contributed by atoms with van der Waals surface area (Å²) in [5, 5.41) is 11.9. The highest BCUT2D eigenvalue weighted by molar-refractivity contribution is 5.88. The smallest absolute Gasteiger partial charge is 0.303 e. The second-order valence-electron chi connectivity index (χ2n) is 7.27. The van der Waals surface area contributed by atoms with Crippen molar-refractivity contribution in [1.29, 1.82) is 0 Å². The number of carboxylic acids is 1. The Morgan fingerprint density at radius 2 is 1.44 bits per heavy atom. The number of carboxylic acid groups (broad SMARTS) is 1. The van der Waals surface area contributed by atoms with Crippen molar-refractivity contribution in [3.63, 3.8) is 0 Å². The molecular weight excluding hydrogens is 344 g/mol. The molecule has 0 aliphatic rings. The topological polar surface area (TPSA) is 86.7 Å². The fourth-order valence-electron chi connectivity index (χ4n) is 3.04. The zero-order valence-electron chi connectivity index (χ0n) is 17.8. The van der Waals surface area contributed by atoms with Gasteiger partial charge in [-0.3, -0.25) is 14.4 Å². The first-order chi connectivity index (χ1) is 12.9. The summed E-state index contributed by atoms with van der Waals surface area (Å²) >= 11 is 0. The van der Waals surface area contributed by atoms with Gasteiger partial charge in [0.25, 0.3) is 0 Å². The molecule has 0 aliphatic carbocycles. The van der Waals surface area contributed by atoms with Crippen LogP contribution in [0.1, 0.15) is 91.9 Å². The third-order valence-electron chi connectivity index (χ3n) is 4.91. The molecule has 0 fully saturated rings. The van der Waals surface area contributed by atoms with Gasteiger partial charge >= 0.3 is 5.97 Å². The van der Waals surface area contributed by atoms with Crippen LogP contribution in [0.4, 0.5) is 0 Å². The maximum atomic E-state index is 13.0. The van der Waals surface area contributed by atoms with Gasteiger partial charge in [-0.15, -0.1) is 0 Å².